The van der Waals surface area contributed by atoms with Crippen LogP contribution in [0.1, 0.15) is 46.3 Å². The Morgan fingerprint density at radius 3 is 2.44 bits per heavy atom. The second kappa shape index (κ2) is 12.1. The summed E-state index contributed by atoms with van der Waals surface area (Å²) in [5.41, 5.74) is 4.67. The number of allylic oxidation sites excluding steroid dienone is 1. The Bertz CT molecular complexity index is 1470. The predicted octanol–water partition coefficient (Wildman–Crippen LogP) is 5.08. The van der Waals surface area contributed by atoms with Gasteiger partial charge in [-0.15, -0.1) is 0 Å². The SMILES string of the molecule is CC(=O)n1cc([C@H]2C=C(C(=O)NCCc3ccccc3)O[C@@H](OCc3ccc(CO)cc3)C2)c2ccccc21. The minimum Gasteiger partial charge on any atom is -0.459 e. The number of fused-ring (bicyclic) bond motifs is 1. The monoisotopic (exact) mass is 524 g/mol. The van der Waals surface area contributed by atoms with Crippen LogP contribution < -0.4 is 5.32 Å². The Morgan fingerprint density at radius 1 is 0.974 bits per heavy atom. The Labute approximate surface area is 227 Å². The Kier molecular flexibility index (Phi) is 8.20. The Hall–Kier alpha value is -4.20. The number of nitrogens with zero attached hydrogens (tertiary/aromatic N) is 1. The highest BCUT2D eigenvalue weighted by Crippen LogP contribution is 2.36. The van der Waals surface area contributed by atoms with E-state index in [-0.39, 0.29) is 30.1 Å². The maximum Gasteiger partial charge on any atom is 0.286 e. The van der Waals surface area contributed by atoms with Gasteiger partial charge in [0.05, 0.1) is 18.7 Å². The molecular formula is C32H32N2O5. The van der Waals surface area contributed by atoms with Crippen LogP contribution in [0.25, 0.3) is 10.9 Å². The number of aromatic nitrogens is 1. The van der Waals surface area contributed by atoms with Gasteiger partial charge in [0.2, 0.25) is 12.2 Å². The molecule has 0 fully saturated rings. The maximum atomic E-state index is 13.2. The van der Waals surface area contributed by atoms with Crippen LogP contribution in [0.3, 0.4) is 0 Å². The normalized spacial score (nSPS) is 16.9. The number of hydrogen-bond acceptors (Lipinski definition) is 5. The van der Waals surface area contributed by atoms with Crippen LogP contribution in [0.15, 0.2) is 96.9 Å². The summed E-state index contributed by atoms with van der Waals surface area (Å²) >= 11 is 0. The second-order valence-corrected chi connectivity index (χ2v) is 9.69. The number of carbonyl (C=O) groups is 2. The second-order valence-electron chi connectivity index (χ2n) is 9.69. The van der Waals surface area contributed by atoms with Crippen molar-refractivity contribution in [3.05, 3.63) is 119 Å². The molecule has 0 bridgehead atoms. The summed E-state index contributed by atoms with van der Waals surface area (Å²) in [7, 11) is 0. The van der Waals surface area contributed by atoms with Gasteiger partial charge in [-0.2, -0.15) is 0 Å². The van der Waals surface area contributed by atoms with E-state index in [9.17, 15) is 14.7 Å². The van der Waals surface area contributed by atoms with E-state index in [4.69, 9.17) is 9.47 Å². The molecule has 0 spiro atoms. The summed E-state index contributed by atoms with van der Waals surface area (Å²) in [4.78, 5) is 25.5. The lowest BCUT2D eigenvalue weighted by atomic mass is 9.92. The lowest BCUT2D eigenvalue weighted by molar-refractivity contribution is -0.150. The van der Waals surface area contributed by atoms with Crippen LogP contribution in [0.2, 0.25) is 0 Å². The molecule has 0 saturated heterocycles. The summed E-state index contributed by atoms with van der Waals surface area (Å²) < 4.78 is 13.8. The molecule has 3 aromatic carbocycles. The average Bonchev–Trinajstić information content (AvgIpc) is 3.37. The van der Waals surface area contributed by atoms with Gasteiger partial charge in [-0.25, -0.2) is 0 Å². The Balaban J connectivity index is 1.37. The average molecular weight is 525 g/mol. The van der Waals surface area contributed by atoms with Crippen LogP contribution in [0.4, 0.5) is 0 Å². The molecule has 7 heteroatoms. The van der Waals surface area contributed by atoms with Gasteiger partial charge in [-0.3, -0.25) is 14.2 Å². The van der Waals surface area contributed by atoms with Gasteiger partial charge in [-0.05, 0) is 40.8 Å². The van der Waals surface area contributed by atoms with E-state index >= 15 is 0 Å². The van der Waals surface area contributed by atoms with E-state index in [1.54, 1.807) is 4.57 Å². The van der Waals surface area contributed by atoms with Crippen molar-refractivity contribution in [1.29, 1.82) is 0 Å². The molecule has 0 radical (unpaired) electrons. The first-order valence-corrected chi connectivity index (χ1v) is 13.1. The molecule has 2 N–H and O–H groups in total. The zero-order valence-electron chi connectivity index (χ0n) is 21.9. The van der Waals surface area contributed by atoms with Gasteiger partial charge in [0.15, 0.2) is 5.76 Å². The maximum absolute atomic E-state index is 13.2. The number of carbonyl (C=O) groups excluding carboxylic acids is 2. The van der Waals surface area contributed by atoms with E-state index in [1.807, 2.05) is 91.1 Å². The topological polar surface area (TPSA) is 89.8 Å². The molecule has 0 saturated carbocycles. The fraction of sp³-hybridized carbons (Fsp3) is 0.250. The van der Waals surface area contributed by atoms with Gasteiger partial charge < -0.3 is 19.9 Å². The molecule has 0 aliphatic carbocycles. The zero-order chi connectivity index (χ0) is 27.2. The third kappa shape index (κ3) is 6.28. The number of nitrogens with one attached hydrogen (secondary N) is 1. The fourth-order valence-electron chi connectivity index (χ4n) is 4.88. The number of aliphatic hydroxyl groups excluding tert-OH is 1. The highest BCUT2D eigenvalue weighted by Gasteiger charge is 2.30. The number of para-hydroxylation sites is 1. The van der Waals surface area contributed by atoms with Crippen molar-refractivity contribution in [3.63, 3.8) is 0 Å². The quantitative estimate of drug-likeness (QED) is 0.319. The molecule has 4 aromatic rings. The lowest BCUT2D eigenvalue weighted by Gasteiger charge is -2.29. The molecule has 200 valence electrons. The van der Waals surface area contributed by atoms with E-state index < -0.39 is 6.29 Å². The van der Waals surface area contributed by atoms with Gasteiger partial charge in [0.25, 0.3) is 5.91 Å². The summed E-state index contributed by atoms with van der Waals surface area (Å²) in [6.45, 7) is 2.29. The summed E-state index contributed by atoms with van der Waals surface area (Å²) in [5.74, 6) is -0.362. The zero-order valence-corrected chi connectivity index (χ0v) is 21.9. The van der Waals surface area contributed by atoms with Crippen molar-refractivity contribution in [3.8, 4) is 0 Å². The molecular weight excluding hydrogens is 492 g/mol. The molecule has 1 aliphatic heterocycles. The van der Waals surface area contributed by atoms with Crippen molar-refractivity contribution < 1.29 is 24.2 Å². The molecule has 7 nitrogen and oxygen atoms in total. The smallest absolute Gasteiger partial charge is 0.286 e. The van der Waals surface area contributed by atoms with Crippen LogP contribution in [-0.4, -0.2) is 34.3 Å². The van der Waals surface area contributed by atoms with Crippen LogP contribution in [0.5, 0.6) is 0 Å². The van der Waals surface area contributed by atoms with Crippen LogP contribution in [-0.2, 0) is 33.9 Å². The van der Waals surface area contributed by atoms with Gasteiger partial charge >= 0.3 is 0 Å². The largest absolute Gasteiger partial charge is 0.459 e. The highest BCUT2D eigenvalue weighted by atomic mass is 16.7. The van der Waals surface area contributed by atoms with Crippen molar-refractivity contribution in [2.75, 3.05) is 6.54 Å². The summed E-state index contributed by atoms with van der Waals surface area (Å²) in [6, 6.07) is 25.3. The number of aliphatic hydroxyl groups is 1. The molecule has 1 aromatic heterocycles. The van der Waals surface area contributed by atoms with E-state index in [0.29, 0.717) is 26.0 Å². The molecule has 39 heavy (non-hydrogen) atoms. The minimum absolute atomic E-state index is 0.0179. The molecule has 0 unspecified atom stereocenters. The van der Waals surface area contributed by atoms with E-state index in [1.165, 1.54) is 6.92 Å². The number of ether oxygens (including phenoxy) is 2. The first-order valence-electron chi connectivity index (χ1n) is 13.1. The van der Waals surface area contributed by atoms with Crippen LogP contribution in [0, 0.1) is 0 Å². The first kappa shape index (κ1) is 26.4. The van der Waals surface area contributed by atoms with Crippen molar-refractivity contribution in [2.24, 2.45) is 0 Å². The fourth-order valence-corrected chi connectivity index (χ4v) is 4.88. The third-order valence-electron chi connectivity index (χ3n) is 6.95. The van der Waals surface area contributed by atoms with E-state index in [2.05, 4.69) is 5.32 Å². The van der Waals surface area contributed by atoms with Crippen molar-refractivity contribution in [2.45, 2.75) is 45.2 Å². The highest BCUT2D eigenvalue weighted by molar-refractivity contribution is 5.95. The molecule has 1 amide bonds. The summed E-state index contributed by atoms with van der Waals surface area (Å²) in [6.07, 6.45) is 4.22. The van der Waals surface area contributed by atoms with E-state index in [0.717, 1.165) is 33.2 Å². The minimum atomic E-state index is -0.660. The van der Waals surface area contributed by atoms with Crippen molar-refractivity contribution >= 4 is 22.7 Å². The molecule has 1 aliphatic rings. The predicted molar refractivity (Wildman–Crippen MR) is 149 cm³/mol. The number of amides is 1. The van der Waals surface area contributed by atoms with Gasteiger partial charge in [0.1, 0.15) is 0 Å². The van der Waals surface area contributed by atoms with Crippen molar-refractivity contribution in [1.82, 2.24) is 9.88 Å². The summed E-state index contributed by atoms with van der Waals surface area (Å²) in [5, 5.41) is 13.2. The molecule has 2 heterocycles. The lowest BCUT2D eigenvalue weighted by Crippen LogP contribution is -2.33. The first-order chi connectivity index (χ1) is 19.0. The van der Waals surface area contributed by atoms with Crippen LogP contribution >= 0.6 is 0 Å². The molecule has 5 rings (SSSR count). The Morgan fingerprint density at radius 2 is 1.69 bits per heavy atom. The number of benzene rings is 3. The van der Waals surface area contributed by atoms with Gasteiger partial charge in [0, 0.05) is 37.4 Å². The third-order valence-corrected chi connectivity index (χ3v) is 6.95. The number of hydrogen-bond donors (Lipinski definition) is 2. The van der Waals surface area contributed by atoms with Gasteiger partial charge in [-0.1, -0.05) is 72.8 Å². The standard InChI is InChI=1S/C32H32N2O5/c1-22(36)34-19-28(27-9-5-6-10-29(27)34)26-17-30(32(37)33-16-15-23-7-3-2-4-8-23)39-31(18-26)38-21-25-13-11-24(20-35)12-14-25/h2-14,17,19,26,31,35H,15-16,18,20-21H2,1H3,(H,33,37)/t26-,31+/m0/s1. The molecule has 2 atom stereocenters. The number of rotatable bonds is 9.